The van der Waals surface area contributed by atoms with Crippen LogP contribution in [0.3, 0.4) is 0 Å². The van der Waals surface area contributed by atoms with Crippen molar-refractivity contribution in [1.29, 1.82) is 0 Å². The number of aromatic nitrogens is 5. The maximum Gasteiger partial charge on any atom is 0.364 e. The van der Waals surface area contributed by atoms with Gasteiger partial charge in [0.1, 0.15) is 22.9 Å². The van der Waals surface area contributed by atoms with Crippen LogP contribution >= 0.6 is 22.9 Å². The number of rotatable bonds is 6. The van der Waals surface area contributed by atoms with Gasteiger partial charge in [-0.05, 0) is 24.3 Å². The third kappa shape index (κ3) is 4.82. The van der Waals surface area contributed by atoms with E-state index in [0.29, 0.717) is 26.5 Å². The highest BCUT2D eigenvalue weighted by Gasteiger charge is 2.16. The first-order chi connectivity index (χ1) is 16.2. The van der Waals surface area contributed by atoms with E-state index in [9.17, 15) is 4.79 Å². The second-order valence-electron chi connectivity index (χ2n) is 7.11. The van der Waals surface area contributed by atoms with Crippen LogP contribution in [0.5, 0.6) is 0 Å². The monoisotopic (exact) mass is 472 g/mol. The normalized spacial score (nSPS) is 10.8. The van der Waals surface area contributed by atoms with E-state index in [1.54, 1.807) is 12.1 Å². The summed E-state index contributed by atoms with van der Waals surface area (Å²) >= 11 is 7.28. The molecule has 5 aromatic rings. The van der Waals surface area contributed by atoms with Crippen LogP contribution in [0.2, 0.25) is 5.02 Å². The molecule has 0 atom stereocenters. The molecule has 0 aliphatic rings. The molecule has 0 fully saturated rings. The van der Waals surface area contributed by atoms with Crippen LogP contribution < -0.4 is 11.0 Å². The smallest absolute Gasteiger partial charge is 0.330 e. The molecule has 0 spiro atoms. The summed E-state index contributed by atoms with van der Waals surface area (Å²) in [7, 11) is 0. The highest BCUT2D eigenvalue weighted by molar-refractivity contribution is 7.15. The summed E-state index contributed by atoms with van der Waals surface area (Å²) in [5.74, 6) is 0. The number of halogens is 1. The Hall–Kier alpha value is -3.88. The second kappa shape index (κ2) is 9.32. The first kappa shape index (κ1) is 21.0. The van der Waals surface area contributed by atoms with E-state index in [4.69, 9.17) is 11.6 Å². The summed E-state index contributed by atoms with van der Waals surface area (Å²) in [5.41, 5.74) is 3.28. The first-order valence-corrected chi connectivity index (χ1v) is 11.3. The minimum atomic E-state index is -0.448. The molecule has 0 aliphatic heterocycles. The Morgan fingerprint density at radius 2 is 1.45 bits per heavy atom. The molecule has 3 aromatic carbocycles. The molecular formula is C24H17ClN6OS. The van der Waals surface area contributed by atoms with Crippen molar-refractivity contribution in [2.45, 2.75) is 6.54 Å². The van der Waals surface area contributed by atoms with Crippen LogP contribution in [0, 0.1) is 0 Å². The molecule has 2 heterocycles. The molecule has 1 N–H and O–H groups in total. The van der Waals surface area contributed by atoms with Gasteiger partial charge in [0.2, 0.25) is 5.13 Å². The van der Waals surface area contributed by atoms with Gasteiger partial charge in [-0.3, -0.25) is 0 Å². The van der Waals surface area contributed by atoms with Crippen LogP contribution in [0.25, 0.3) is 22.5 Å². The van der Waals surface area contributed by atoms with E-state index in [2.05, 4.69) is 25.6 Å². The molecule has 0 saturated carbocycles. The molecule has 7 nitrogen and oxygen atoms in total. The number of hydrogen-bond donors (Lipinski definition) is 1. The van der Waals surface area contributed by atoms with Gasteiger partial charge in [0, 0.05) is 21.8 Å². The molecule has 0 radical (unpaired) electrons. The fourth-order valence-corrected chi connectivity index (χ4v) is 4.13. The molecule has 0 aliphatic carbocycles. The topological polar surface area (TPSA) is 85.6 Å². The Labute approximate surface area is 198 Å². The van der Waals surface area contributed by atoms with Crippen molar-refractivity contribution >= 4 is 33.8 Å². The van der Waals surface area contributed by atoms with Crippen LogP contribution in [0.4, 0.5) is 10.8 Å². The van der Waals surface area contributed by atoms with Crippen molar-refractivity contribution < 1.29 is 0 Å². The number of nitrogens with zero attached hydrogens (tertiary/aromatic N) is 5. The highest BCUT2D eigenvalue weighted by Crippen LogP contribution is 2.27. The molecule has 2 aromatic heterocycles. The Morgan fingerprint density at radius 3 is 2.12 bits per heavy atom. The zero-order valence-electron chi connectivity index (χ0n) is 17.2. The molecule has 33 heavy (non-hydrogen) atoms. The van der Waals surface area contributed by atoms with Gasteiger partial charge >= 0.3 is 5.69 Å². The van der Waals surface area contributed by atoms with Gasteiger partial charge in [-0.25, -0.2) is 9.48 Å². The summed E-state index contributed by atoms with van der Waals surface area (Å²) in [5, 5.41) is 18.1. The Balaban J connectivity index is 1.47. The average Bonchev–Trinajstić information content (AvgIpc) is 3.29. The van der Waals surface area contributed by atoms with Crippen molar-refractivity contribution in [2.24, 2.45) is 0 Å². The van der Waals surface area contributed by atoms with E-state index in [1.165, 1.54) is 16.0 Å². The Morgan fingerprint density at radius 1 is 0.818 bits per heavy atom. The second-order valence-corrected chi connectivity index (χ2v) is 8.61. The van der Waals surface area contributed by atoms with E-state index in [0.717, 1.165) is 16.8 Å². The van der Waals surface area contributed by atoms with Crippen molar-refractivity contribution in [3.63, 3.8) is 0 Å². The molecule has 162 valence electrons. The maximum atomic E-state index is 12.8. The van der Waals surface area contributed by atoms with Gasteiger partial charge in [0.15, 0.2) is 0 Å². The minimum absolute atomic E-state index is 0.167. The average molecular weight is 473 g/mol. The predicted molar refractivity (Wildman–Crippen MR) is 131 cm³/mol. The lowest BCUT2D eigenvalue weighted by atomic mass is 10.0. The van der Waals surface area contributed by atoms with Gasteiger partial charge in [-0.15, -0.1) is 10.2 Å². The van der Waals surface area contributed by atoms with Gasteiger partial charge in [-0.1, -0.05) is 83.6 Å². The number of benzene rings is 3. The van der Waals surface area contributed by atoms with E-state index >= 15 is 0 Å². The summed E-state index contributed by atoms with van der Waals surface area (Å²) in [6, 6.07) is 26.6. The Bertz CT molecular complexity index is 1440. The molecule has 0 bridgehead atoms. The van der Waals surface area contributed by atoms with E-state index < -0.39 is 5.69 Å². The zero-order chi connectivity index (χ0) is 22.6. The zero-order valence-corrected chi connectivity index (χ0v) is 18.8. The largest absolute Gasteiger partial charge is 0.364 e. The molecule has 9 heteroatoms. The van der Waals surface area contributed by atoms with Crippen LogP contribution in [0.1, 0.15) is 5.01 Å². The van der Waals surface area contributed by atoms with Gasteiger partial charge in [0.05, 0.1) is 0 Å². The lowest BCUT2D eigenvalue weighted by Gasteiger charge is -2.10. The van der Waals surface area contributed by atoms with Gasteiger partial charge in [0.25, 0.3) is 0 Å². The van der Waals surface area contributed by atoms with Crippen molar-refractivity contribution in [1.82, 2.24) is 25.0 Å². The van der Waals surface area contributed by atoms with Crippen molar-refractivity contribution in [3.8, 4) is 22.5 Å². The lowest BCUT2D eigenvalue weighted by molar-refractivity contribution is 0.614. The third-order valence-electron chi connectivity index (χ3n) is 4.82. The summed E-state index contributed by atoms with van der Waals surface area (Å²) in [4.78, 5) is 17.2. The predicted octanol–water partition coefficient (Wildman–Crippen LogP) is 5.27. The fraction of sp³-hybridized carbons (Fsp3) is 0.0417. The Kier molecular flexibility index (Phi) is 5.93. The maximum absolute atomic E-state index is 12.8. The van der Waals surface area contributed by atoms with Crippen LogP contribution in [0.15, 0.2) is 89.7 Å². The first-order valence-electron chi connectivity index (χ1n) is 10.1. The summed E-state index contributed by atoms with van der Waals surface area (Å²) in [6.45, 7) is 0.167. The fourth-order valence-electron chi connectivity index (χ4n) is 3.26. The van der Waals surface area contributed by atoms with E-state index in [-0.39, 0.29) is 6.54 Å². The van der Waals surface area contributed by atoms with Crippen molar-refractivity contribution in [3.05, 3.63) is 105 Å². The number of hydrogen-bond acceptors (Lipinski definition) is 7. The quantitative estimate of drug-likeness (QED) is 0.362. The third-order valence-corrected chi connectivity index (χ3v) is 5.89. The number of nitrogens with one attached hydrogen (secondary N) is 1. The number of anilines is 2. The molecular weight excluding hydrogens is 456 g/mol. The van der Waals surface area contributed by atoms with Crippen LogP contribution in [-0.2, 0) is 6.54 Å². The molecule has 0 amide bonds. The summed E-state index contributed by atoms with van der Waals surface area (Å²) < 4.78 is 1.32. The van der Waals surface area contributed by atoms with Crippen molar-refractivity contribution in [2.75, 3.05) is 5.32 Å². The highest BCUT2D eigenvalue weighted by atomic mass is 35.5. The minimum Gasteiger partial charge on any atom is -0.330 e. The van der Waals surface area contributed by atoms with Gasteiger partial charge in [-0.2, -0.15) is 10.1 Å². The molecule has 0 unspecified atom stereocenters. The standard InChI is InChI=1S/C24H17ClN6OS/c25-18-11-13-19(14-12-18)26-23-29-28-20(33-23)15-31-24(32)27-21(16-7-3-1-4-8-16)22(30-31)17-9-5-2-6-10-17/h1-14H,15H2,(H,26,29). The molecule has 5 rings (SSSR count). The lowest BCUT2D eigenvalue weighted by Crippen LogP contribution is -2.27. The molecule has 0 saturated heterocycles. The van der Waals surface area contributed by atoms with Gasteiger partial charge < -0.3 is 5.32 Å². The SMILES string of the molecule is O=c1nc(-c2ccccc2)c(-c2ccccc2)nn1Cc1nnc(Nc2ccc(Cl)cc2)s1. The summed E-state index contributed by atoms with van der Waals surface area (Å²) in [6.07, 6.45) is 0. The van der Waals surface area contributed by atoms with Crippen LogP contribution in [-0.4, -0.2) is 25.0 Å². The van der Waals surface area contributed by atoms with E-state index in [1.807, 2.05) is 72.8 Å².